The van der Waals surface area contributed by atoms with Gasteiger partial charge in [0, 0.05) is 6.20 Å². The molecule has 11 heavy (non-hydrogen) atoms. The second-order valence-corrected chi connectivity index (χ2v) is 3.01. The number of rotatable bonds is 2. The summed E-state index contributed by atoms with van der Waals surface area (Å²) in [5, 5.41) is 2.02. The minimum Gasteiger partial charge on any atom is -0.244 e. The third kappa shape index (κ3) is 2.35. The molecule has 0 aromatic carbocycles. The highest BCUT2D eigenvalue weighted by Crippen LogP contribution is 2.19. The molecular weight excluding hydrogens is 156 g/mol. The normalized spacial score (nSPS) is 10.7. The average molecular weight is 166 g/mol. The molecule has 0 aliphatic carbocycles. The summed E-state index contributed by atoms with van der Waals surface area (Å²) in [7, 11) is 0. The third-order valence-corrected chi connectivity index (χ3v) is 2.26. The number of hydrogen-bond acceptors (Lipinski definition) is 3. The van der Waals surface area contributed by atoms with Crippen LogP contribution in [-0.2, 0) is 0 Å². The summed E-state index contributed by atoms with van der Waals surface area (Å²) in [6.07, 6.45) is 5.39. The van der Waals surface area contributed by atoms with E-state index in [0.717, 1.165) is 10.6 Å². The Balaban J connectivity index is 2.77. The topological polar surface area (TPSA) is 25.8 Å². The molecule has 1 heterocycles. The molecule has 58 valence electrons. The van der Waals surface area contributed by atoms with Crippen molar-refractivity contribution in [2.45, 2.75) is 18.7 Å². The minimum absolute atomic E-state index is 1.03. The predicted octanol–water partition coefficient (Wildman–Crippen LogP) is 2.41. The Morgan fingerprint density at radius 2 is 2.36 bits per heavy atom. The Bertz CT molecular complexity index is 258. The molecule has 0 amide bonds. The summed E-state index contributed by atoms with van der Waals surface area (Å²) in [4.78, 5) is 9.12. The van der Waals surface area contributed by atoms with Gasteiger partial charge in [0.2, 0.25) is 0 Å². The van der Waals surface area contributed by atoms with Crippen molar-refractivity contribution in [2.75, 3.05) is 0 Å². The summed E-state index contributed by atoms with van der Waals surface area (Å²) in [6, 6.07) is 0. The first-order valence-electron chi connectivity index (χ1n) is 3.39. The molecule has 0 fully saturated rings. The molecule has 3 heteroatoms. The second-order valence-electron chi connectivity index (χ2n) is 2.06. The lowest BCUT2D eigenvalue weighted by Gasteiger charge is -1.97. The van der Waals surface area contributed by atoms with Crippen LogP contribution in [0, 0.1) is 6.92 Å². The molecule has 0 saturated heterocycles. The summed E-state index contributed by atoms with van der Waals surface area (Å²) in [6.45, 7) is 3.97. The number of aromatic nitrogens is 2. The highest BCUT2D eigenvalue weighted by molar-refractivity contribution is 8.02. The van der Waals surface area contributed by atoms with Crippen LogP contribution in [0.25, 0.3) is 0 Å². The Morgan fingerprint density at radius 3 is 3.00 bits per heavy atom. The number of allylic oxidation sites excluding steroid dienone is 1. The molecule has 0 atom stereocenters. The van der Waals surface area contributed by atoms with Crippen LogP contribution < -0.4 is 0 Å². The van der Waals surface area contributed by atoms with Gasteiger partial charge in [-0.05, 0) is 19.3 Å². The molecule has 2 nitrogen and oxygen atoms in total. The van der Waals surface area contributed by atoms with Crippen molar-refractivity contribution >= 4 is 11.8 Å². The monoisotopic (exact) mass is 166 g/mol. The van der Waals surface area contributed by atoms with E-state index >= 15 is 0 Å². The van der Waals surface area contributed by atoms with Crippen molar-refractivity contribution in [1.82, 2.24) is 9.97 Å². The molecule has 0 radical (unpaired) electrons. The van der Waals surface area contributed by atoms with Crippen molar-refractivity contribution in [3.63, 3.8) is 0 Å². The van der Waals surface area contributed by atoms with Gasteiger partial charge in [0.15, 0.2) is 0 Å². The van der Waals surface area contributed by atoms with Gasteiger partial charge >= 0.3 is 0 Å². The number of nitrogens with zero attached hydrogens (tertiary/aromatic N) is 2. The fraction of sp³-hybridized carbons (Fsp3) is 0.250. The molecule has 1 aromatic heterocycles. The third-order valence-electron chi connectivity index (χ3n) is 1.20. The molecular formula is C8H10N2S. The highest BCUT2D eigenvalue weighted by Gasteiger charge is 1.94. The van der Waals surface area contributed by atoms with Crippen molar-refractivity contribution in [2.24, 2.45) is 0 Å². The summed E-state index contributed by atoms with van der Waals surface area (Å²) < 4.78 is 0. The van der Waals surface area contributed by atoms with E-state index in [2.05, 4.69) is 9.97 Å². The summed E-state index contributed by atoms with van der Waals surface area (Å²) in [5.41, 5.74) is 1.03. The number of aryl methyl sites for hydroxylation is 1. The lowest BCUT2D eigenvalue weighted by atomic mass is 10.5. The summed E-state index contributed by atoms with van der Waals surface area (Å²) in [5.74, 6) is 0. The van der Waals surface area contributed by atoms with Crippen LogP contribution in [0.5, 0.6) is 0 Å². The van der Waals surface area contributed by atoms with E-state index in [1.807, 2.05) is 31.5 Å². The SMILES string of the molecule is C/C=C\Sc1cncnc1C. The van der Waals surface area contributed by atoms with E-state index in [9.17, 15) is 0 Å². The van der Waals surface area contributed by atoms with E-state index in [0.29, 0.717) is 0 Å². The number of thioether (sulfide) groups is 1. The van der Waals surface area contributed by atoms with E-state index in [4.69, 9.17) is 0 Å². The summed E-state index contributed by atoms with van der Waals surface area (Å²) >= 11 is 1.64. The van der Waals surface area contributed by atoms with Gasteiger partial charge in [-0.25, -0.2) is 9.97 Å². The molecule has 0 bridgehead atoms. The lowest BCUT2D eigenvalue weighted by Crippen LogP contribution is -1.84. The van der Waals surface area contributed by atoms with Gasteiger partial charge in [-0.2, -0.15) is 0 Å². The molecule has 0 saturated carbocycles. The molecule has 0 N–H and O–H groups in total. The van der Waals surface area contributed by atoms with Crippen LogP contribution in [0.15, 0.2) is 28.9 Å². The van der Waals surface area contributed by atoms with E-state index in [-0.39, 0.29) is 0 Å². The smallest absolute Gasteiger partial charge is 0.115 e. The first kappa shape index (κ1) is 8.27. The largest absolute Gasteiger partial charge is 0.244 e. The lowest BCUT2D eigenvalue weighted by molar-refractivity contribution is 1.03. The van der Waals surface area contributed by atoms with E-state index < -0.39 is 0 Å². The molecule has 1 rings (SSSR count). The van der Waals surface area contributed by atoms with Crippen LogP contribution in [0.1, 0.15) is 12.6 Å². The molecule has 0 unspecified atom stereocenters. The van der Waals surface area contributed by atoms with Crippen LogP contribution in [-0.4, -0.2) is 9.97 Å². The zero-order chi connectivity index (χ0) is 8.10. The Kier molecular flexibility index (Phi) is 3.11. The molecule has 0 spiro atoms. The zero-order valence-corrected chi connectivity index (χ0v) is 7.43. The van der Waals surface area contributed by atoms with Crippen LogP contribution in [0.3, 0.4) is 0 Å². The van der Waals surface area contributed by atoms with Crippen molar-refractivity contribution in [3.05, 3.63) is 29.7 Å². The molecule has 0 aliphatic heterocycles. The Hall–Kier alpha value is -0.830. The van der Waals surface area contributed by atoms with Crippen molar-refractivity contribution in [1.29, 1.82) is 0 Å². The van der Waals surface area contributed by atoms with Crippen molar-refractivity contribution < 1.29 is 0 Å². The highest BCUT2D eigenvalue weighted by atomic mass is 32.2. The molecule has 0 aliphatic rings. The van der Waals surface area contributed by atoms with Gasteiger partial charge in [0.05, 0.1) is 10.6 Å². The Morgan fingerprint density at radius 1 is 1.55 bits per heavy atom. The predicted molar refractivity (Wildman–Crippen MR) is 47.4 cm³/mol. The fourth-order valence-electron chi connectivity index (χ4n) is 0.635. The first-order chi connectivity index (χ1) is 5.34. The van der Waals surface area contributed by atoms with Gasteiger partial charge in [-0.15, -0.1) is 0 Å². The zero-order valence-electron chi connectivity index (χ0n) is 6.61. The maximum Gasteiger partial charge on any atom is 0.115 e. The maximum absolute atomic E-state index is 4.07. The van der Waals surface area contributed by atoms with Gasteiger partial charge in [0.25, 0.3) is 0 Å². The van der Waals surface area contributed by atoms with Gasteiger partial charge in [0.1, 0.15) is 6.33 Å². The van der Waals surface area contributed by atoms with E-state index in [1.165, 1.54) is 0 Å². The van der Waals surface area contributed by atoms with Crippen LogP contribution in [0.2, 0.25) is 0 Å². The standard InChI is InChI=1S/C8H10N2S/c1-3-4-11-8-5-9-6-10-7(8)2/h3-6H,1-2H3/b4-3-. The van der Waals surface area contributed by atoms with Gasteiger partial charge in [-0.1, -0.05) is 17.8 Å². The van der Waals surface area contributed by atoms with Crippen molar-refractivity contribution in [3.8, 4) is 0 Å². The first-order valence-corrected chi connectivity index (χ1v) is 4.27. The van der Waals surface area contributed by atoms with Gasteiger partial charge in [-0.3, -0.25) is 0 Å². The Labute approximate surface area is 70.8 Å². The van der Waals surface area contributed by atoms with E-state index in [1.54, 1.807) is 18.1 Å². The fourth-order valence-corrected chi connectivity index (χ4v) is 1.26. The quantitative estimate of drug-likeness (QED) is 0.631. The van der Waals surface area contributed by atoms with Crippen LogP contribution >= 0.6 is 11.8 Å². The number of hydrogen-bond donors (Lipinski definition) is 0. The minimum atomic E-state index is 1.03. The molecule has 1 aromatic rings. The van der Waals surface area contributed by atoms with Crippen LogP contribution in [0.4, 0.5) is 0 Å². The second kappa shape index (κ2) is 4.13. The maximum atomic E-state index is 4.07. The van der Waals surface area contributed by atoms with Gasteiger partial charge < -0.3 is 0 Å². The average Bonchev–Trinajstić information content (AvgIpc) is 2.03.